The predicted octanol–water partition coefficient (Wildman–Crippen LogP) is 2.18. The third-order valence-electron chi connectivity index (χ3n) is 5.65. The Kier molecular flexibility index (Phi) is 5.65. The van der Waals surface area contributed by atoms with Gasteiger partial charge in [0, 0.05) is 50.8 Å². The summed E-state index contributed by atoms with van der Waals surface area (Å²) in [5.41, 5.74) is 2.29. The van der Waals surface area contributed by atoms with E-state index in [-0.39, 0.29) is 18.0 Å². The van der Waals surface area contributed by atoms with E-state index < -0.39 is 17.3 Å². The van der Waals surface area contributed by atoms with Gasteiger partial charge in [-0.1, -0.05) is 0 Å². The van der Waals surface area contributed by atoms with Crippen LogP contribution in [0.25, 0.3) is 5.69 Å². The number of hydrogen-bond acceptors (Lipinski definition) is 4. The molecule has 0 unspecified atom stereocenters. The highest BCUT2D eigenvalue weighted by Gasteiger charge is 2.29. The molecule has 1 N–H and O–H groups in total. The van der Waals surface area contributed by atoms with E-state index in [0.717, 1.165) is 11.3 Å². The third-order valence-corrected chi connectivity index (χ3v) is 5.65. The molecule has 2 amide bonds. The molecule has 166 valence electrons. The molecule has 2 aromatic heterocycles. The molecule has 0 saturated carbocycles. The van der Waals surface area contributed by atoms with Gasteiger partial charge in [0.15, 0.2) is 0 Å². The third kappa shape index (κ3) is 4.05. The average Bonchev–Trinajstić information content (AvgIpc) is 3.17. The second-order valence-corrected chi connectivity index (χ2v) is 8.02. The molecule has 0 bridgehead atoms. The van der Waals surface area contributed by atoms with Crippen LogP contribution in [-0.2, 0) is 24.3 Å². The number of nitrogens with zero attached hydrogens (tertiary/aromatic N) is 4. The molecular formula is C23H24FN5O3. The van der Waals surface area contributed by atoms with Gasteiger partial charge in [0.05, 0.1) is 6.54 Å². The van der Waals surface area contributed by atoms with Gasteiger partial charge in [-0.2, -0.15) is 0 Å². The Morgan fingerprint density at radius 1 is 1.25 bits per heavy atom. The number of nitrogens with one attached hydrogen (secondary N) is 1. The van der Waals surface area contributed by atoms with Crippen LogP contribution in [0.5, 0.6) is 0 Å². The van der Waals surface area contributed by atoms with Crippen molar-refractivity contribution >= 4 is 11.8 Å². The highest BCUT2D eigenvalue weighted by molar-refractivity contribution is 5.95. The zero-order chi connectivity index (χ0) is 23.0. The lowest BCUT2D eigenvalue weighted by Gasteiger charge is -2.30. The van der Waals surface area contributed by atoms with Gasteiger partial charge in [0.25, 0.3) is 11.5 Å². The van der Waals surface area contributed by atoms with Gasteiger partial charge < -0.3 is 14.8 Å². The first-order valence-corrected chi connectivity index (χ1v) is 10.3. The maximum atomic E-state index is 13.5. The molecule has 8 nitrogen and oxygen atoms in total. The van der Waals surface area contributed by atoms with Crippen molar-refractivity contribution in [1.82, 2.24) is 24.3 Å². The van der Waals surface area contributed by atoms with E-state index in [0.29, 0.717) is 36.6 Å². The standard InChI is InChI=1S/C23H24FN5O3/c1-14-10-25-20(26-14)13-27(3)22(31)21-19-8-9-28(15(2)30)11-16(19)12-29(23(21)32)18-6-4-17(24)5-7-18/h4-7,10,12H,8-9,11,13H2,1-3H3,(H,25,26). The zero-order valence-electron chi connectivity index (χ0n) is 18.2. The molecule has 0 radical (unpaired) electrons. The predicted molar refractivity (Wildman–Crippen MR) is 116 cm³/mol. The van der Waals surface area contributed by atoms with Crippen LogP contribution in [0.2, 0.25) is 0 Å². The second-order valence-electron chi connectivity index (χ2n) is 8.02. The van der Waals surface area contributed by atoms with Crippen molar-refractivity contribution in [2.75, 3.05) is 13.6 Å². The number of pyridine rings is 1. The topological polar surface area (TPSA) is 91.3 Å². The molecule has 9 heteroatoms. The summed E-state index contributed by atoms with van der Waals surface area (Å²) in [6.45, 7) is 4.31. The minimum absolute atomic E-state index is 0.0702. The van der Waals surface area contributed by atoms with Crippen LogP contribution in [0.1, 0.15) is 39.9 Å². The molecule has 0 spiro atoms. The summed E-state index contributed by atoms with van der Waals surface area (Å²) >= 11 is 0. The molecule has 4 rings (SSSR count). The van der Waals surface area contributed by atoms with Gasteiger partial charge in [-0.3, -0.25) is 19.0 Å². The number of aromatic nitrogens is 3. The van der Waals surface area contributed by atoms with E-state index in [2.05, 4.69) is 9.97 Å². The minimum atomic E-state index is -0.473. The Balaban J connectivity index is 1.81. The van der Waals surface area contributed by atoms with Crippen molar-refractivity contribution in [3.05, 3.63) is 81.0 Å². The molecule has 0 atom stereocenters. The molecule has 32 heavy (non-hydrogen) atoms. The number of fused-ring (bicyclic) bond motifs is 1. The number of carbonyl (C=O) groups excluding carboxylic acids is 2. The first-order valence-electron chi connectivity index (χ1n) is 10.3. The Hall–Kier alpha value is -3.75. The molecule has 0 fully saturated rings. The number of imidazole rings is 1. The van der Waals surface area contributed by atoms with Crippen LogP contribution in [0.4, 0.5) is 4.39 Å². The van der Waals surface area contributed by atoms with E-state index in [1.165, 1.54) is 40.7 Å². The summed E-state index contributed by atoms with van der Waals surface area (Å²) in [6, 6.07) is 5.49. The number of rotatable bonds is 4. The molecule has 1 aromatic carbocycles. The number of H-pyrrole nitrogens is 1. The number of aryl methyl sites for hydroxylation is 1. The fourth-order valence-electron chi connectivity index (χ4n) is 3.97. The summed E-state index contributed by atoms with van der Waals surface area (Å²) in [5, 5.41) is 0. The van der Waals surface area contributed by atoms with Crippen molar-refractivity contribution in [2.24, 2.45) is 0 Å². The Morgan fingerprint density at radius 2 is 1.97 bits per heavy atom. The van der Waals surface area contributed by atoms with Gasteiger partial charge in [-0.15, -0.1) is 0 Å². The molecule has 1 aliphatic rings. The van der Waals surface area contributed by atoms with Gasteiger partial charge in [0.2, 0.25) is 5.91 Å². The first-order chi connectivity index (χ1) is 15.2. The molecule has 1 aliphatic heterocycles. The van der Waals surface area contributed by atoms with Crippen molar-refractivity contribution in [3.8, 4) is 5.69 Å². The zero-order valence-corrected chi connectivity index (χ0v) is 18.2. The Morgan fingerprint density at radius 3 is 2.59 bits per heavy atom. The summed E-state index contributed by atoms with van der Waals surface area (Å²) in [5.74, 6) is -0.307. The number of carbonyl (C=O) groups is 2. The highest BCUT2D eigenvalue weighted by atomic mass is 19.1. The first kappa shape index (κ1) is 21.5. The number of benzene rings is 1. The van der Waals surface area contributed by atoms with Gasteiger partial charge >= 0.3 is 0 Å². The van der Waals surface area contributed by atoms with Gasteiger partial charge in [-0.25, -0.2) is 9.37 Å². The number of hydrogen-bond donors (Lipinski definition) is 1. The molecular weight excluding hydrogens is 413 g/mol. The van der Waals surface area contributed by atoms with Crippen LogP contribution in [0, 0.1) is 12.7 Å². The van der Waals surface area contributed by atoms with Crippen LogP contribution in [0.15, 0.2) is 41.5 Å². The fourth-order valence-corrected chi connectivity index (χ4v) is 3.97. The Bertz CT molecular complexity index is 1250. The largest absolute Gasteiger partial charge is 0.345 e. The lowest BCUT2D eigenvalue weighted by atomic mass is 9.95. The fraction of sp³-hybridized carbons (Fsp3) is 0.304. The van der Waals surface area contributed by atoms with Crippen molar-refractivity contribution in [1.29, 1.82) is 0 Å². The molecule has 3 heterocycles. The number of amides is 2. The normalized spacial score (nSPS) is 13.1. The lowest BCUT2D eigenvalue weighted by molar-refractivity contribution is -0.129. The van der Waals surface area contributed by atoms with E-state index in [1.807, 2.05) is 6.92 Å². The molecule has 0 saturated heterocycles. The second kappa shape index (κ2) is 8.41. The van der Waals surface area contributed by atoms with E-state index in [9.17, 15) is 18.8 Å². The van der Waals surface area contributed by atoms with Crippen molar-refractivity contribution < 1.29 is 14.0 Å². The van der Waals surface area contributed by atoms with Gasteiger partial charge in [-0.05, 0) is 48.7 Å². The maximum absolute atomic E-state index is 13.5. The smallest absolute Gasteiger partial charge is 0.268 e. The van der Waals surface area contributed by atoms with Crippen LogP contribution >= 0.6 is 0 Å². The van der Waals surface area contributed by atoms with Crippen molar-refractivity contribution in [3.63, 3.8) is 0 Å². The average molecular weight is 437 g/mol. The summed E-state index contributed by atoms with van der Waals surface area (Å²) in [4.78, 5) is 49.3. The van der Waals surface area contributed by atoms with E-state index >= 15 is 0 Å². The van der Waals surface area contributed by atoms with Gasteiger partial charge in [0.1, 0.15) is 17.2 Å². The van der Waals surface area contributed by atoms with Crippen LogP contribution in [-0.4, -0.2) is 49.7 Å². The summed E-state index contributed by atoms with van der Waals surface area (Å²) in [7, 11) is 1.62. The quantitative estimate of drug-likeness (QED) is 0.677. The Labute approximate surface area is 184 Å². The highest BCUT2D eigenvalue weighted by Crippen LogP contribution is 2.23. The summed E-state index contributed by atoms with van der Waals surface area (Å²) < 4.78 is 14.8. The minimum Gasteiger partial charge on any atom is -0.345 e. The lowest BCUT2D eigenvalue weighted by Crippen LogP contribution is -2.41. The van der Waals surface area contributed by atoms with Crippen LogP contribution in [0.3, 0.4) is 0 Å². The number of aromatic amines is 1. The number of halogens is 1. The molecule has 0 aliphatic carbocycles. The maximum Gasteiger partial charge on any atom is 0.268 e. The monoisotopic (exact) mass is 437 g/mol. The van der Waals surface area contributed by atoms with E-state index in [4.69, 9.17) is 0 Å². The van der Waals surface area contributed by atoms with E-state index in [1.54, 1.807) is 24.3 Å². The van der Waals surface area contributed by atoms with Crippen LogP contribution < -0.4 is 5.56 Å². The SMILES string of the molecule is CC(=O)N1CCc2c(cn(-c3ccc(F)cc3)c(=O)c2C(=O)N(C)Cc2ncc(C)[nH]2)C1. The summed E-state index contributed by atoms with van der Waals surface area (Å²) in [6.07, 6.45) is 3.73. The van der Waals surface area contributed by atoms with Crippen molar-refractivity contribution in [2.45, 2.75) is 33.4 Å². The molecule has 3 aromatic rings.